The molecule has 1 aromatic rings. The van der Waals surface area contributed by atoms with Crippen molar-refractivity contribution in [2.45, 2.75) is 31.7 Å². The highest BCUT2D eigenvalue weighted by Crippen LogP contribution is 2.25. The van der Waals surface area contributed by atoms with Crippen LogP contribution in [0.3, 0.4) is 0 Å². The second-order valence-corrected chi connectivity index (χ2v) is 4.97. The van der Waals surface area contributed by atoms with E-state index in [1.54, 1.807) is 29.2 Å². The predicted molar refractivity (Wildman–Crippen MR) is 70.4 cm³/mol. The molecule has 0 atom stereocenters. The van der Waals surface area contributed by atoms with E-state index in [0.29, 0.717) is 10.6 Å². The Morgan fingerprint density at radius 1 is 1.33 bits per heavy atom. The summed E-state index contributed by atoms with van der Waals surface area (Å²) in [5.41, 5.74) is 0.599. The quantitative estimate of drug-likeness (QED) is 0.785. The highest BCUT2D eigenvalue weighted by atomic mass is 35.5. The SMILES string of the molecule is N#CCN(C(=O)c1ccc(Cl)cc1)C1CCCC1. The molecule has 0 unspecified atom stereocenters. The lowest BCUT2D eigenvalue weighted by atomic mass is 10.1. The summed E-state index contributed by atoms with van der Waals surface area (Å²) in [6.07, 6.45) is 4.28. The van der Waals surface area contributed by atoms with E-state index in [2.05, 4.69) is 6.07 Å². The lowest BCUT2D eigenvalue weighted by Gasteiger charge is -2.26. The number of amides is 1. The smallest absolute Gasteiger partial charge is 0.254 e. The first-order chi connectivity index (χ1) is 8.72. The fourth-order valence-corrected chi connectivity index (χ4v) is 2.54. The molecule has 1 aliphatic carbocycles. The standard InChI is InChI=1S/C14H15ClN2O/c15-12-7-5-11(6-8-12)14(18)17(10-9-16)13-3-1-2-4-13/h5-8,13H,1-4,10H2. The van der Waals surface area contributed by atoms with Gasteiger partial charge in [-0.05, 0) is 37.1 Å². The Morgan fingerprint density at radius 3 is 2.50 bits per heavy atom. The van der Waals surface area contributed by atoms with Gasteiger partial charge in [-0.2, -0.15) is 5.26 Å². The van der Waals surface area contributed by atoms with Crippen LogP contribution in [0.5, 0.6) is 0 Å². The van der Waals surface area contributed by atoms with Crippen molar-refractivity contribution in [3.8, 4) is 6.07 Å². The van der Waals surface area contributed by atoms with Crippen molar-refractivity contribution < 1.29 is 4.79 Å². The Morgan fingerprint density at radius 2 is 1.94 bits per heavy atom. The third-order valence-corrected chi connectivity index (χ3v) is 3.61. The molecule has 0 saturated heterocycles. The normalized spacial score (nSPS) is 15.3. The van der Waals surface area contributed by atoms with Crippen LogP contribution in [-0.4, -0.2) is 23.4 Å². The van der Waals surface area contributed by atoms with E-state index in [-0.39, 0.29) is 18.5 Å². The van der Waals surface area contributed by atoms with Crippen LogP contribution in [0, 0.1) is 11.3 Å². The molecule has 3 nitrogen and oxygen atoms in total. The van der Waals surface area contributed by atoms with E-state index in [4.69, 9.17) is 16.9 Å². The maximum atomic E-state index is 12.4. The van der Waals surface area contributed by atoms with Gasteiger partial charge in [-0.3, -0.25) is 4.79 Å². The number of carbonyl (C=O) groups excluding carboxylic acids is 1. The number of hydrogen-bond acceptors (Lipinski definition) is 2. The molecule has 0 radical (unpaired) electrons. The number of nitrogens with zero attached hydrogens (tertiary/aromatic N) is 2. The second kappa shape index (κ2) is 5.88. The molecule has 18 heavy (non-hydrogen) atoms. The lowest BCUT2D eigenvalue weighted by Crippen LogP contribution is -2.39. The van der Waals surface area contributed by atoms with Gasteiger partial charge in [0.25, 0.3) is 5.91 Å². The molecule has 1 aliphatic rings. The number of hydrogen-bond donors (Lipinski definition) is 0. The fraction of sp³-hybridized carbons (Fsp3) is 0.429. The molecule has 1 aromatic carbocycles. The zero-order valence-electron chi connectivity index (χ0n) is 10.1. The number of nitriles is 1. The first-order valence-electron chi connectivity index (χ1n) is 6.16. The zero-order chi connectivity index (χ0) is 13.0. The van der Waals surface area contributed by atoms with Gasteiger partial charge in [-0.15, -0.1) is 0 Å². The Kier molecular flexibility index (Phi) is 4.22. The molecule has 1 amide bonds. The summed E-state index contributed by atoms with van der Waals surface area (Å²) < 4.78 is 0. The second-order valence-electron chi connectivity index (χ2n) is 4.54. The monoisotopic (exact) mass is 262 g/mol. The van der Waals surface area contributed by atoms with Crippen molar-refractivity contribution in [3.05, 3.63) is 34.9 Å². The molecule has 0 aromatic heterocycles. The van der Waals surface area contributed by atoms with Gasteiger partial charge >= 0.3 is 0 Å². The number of carbonyl (C=O) groups is 1. The van der Waals surface area contributed by atoms with Crippen LogP contribution in [0.4, 0.5) is 0 Å². The molecule has 2 rings (SSSR count). The molecule has 0 aliphatic heterocycles. The maximum Gasteiger partial charge on any atom is 0.254 e. The van der Waals surface area contributed by atoms with Crippen LogP contribution in [0.1, 0.15) is 36.0 Å². The molecule has 0 bridgehead atoms. The summed E-state index contributed by atoms with van der Waals surface area (Å²) in [5.74, 6) is -0.0693. The van der Waals surface area contributed by atoms with Crippen LogP contribution in [0.25, 0.3) is 0 Å². The van der Waals surface area contributed by atoms with Crippen molar-refractivity contribution >= 4 is 17.5 Å². The summed E-state index contributed by atoms with van der Waals surface area (Å²) in [6.45, 7) is 0.159. The summed E-state index contributed by atoms with van der Waals surface area (Å²) in [4.78, 5) is 14.1. The summed E-state index contributed by atoms with van der Waals surface area (Å²) in [5, 5.41) is 9.48. The van der Waals surface area contributed by atoms with E-state index >= 15 is 0 Å². The van der Waals surface area contributed by atoms with E-state index in [0.717, 1.165) is 25.7 Å². The minimum absolute atomic E-state index is 0.0693. The summed E-state index contributed by atoms with van der Waals surface area (Å²) in [6, 6.07) is 9.13. The first-order valence-corrected chi connectivity index (χ1v) is 6.53. The van der Waals surface area contributed by atoms with Crippen LogP contribution in [0.15, 0.2) is 24.3 Å². The molecule has 0 N–H and O–H groups in total. The summed E-state index contributed by atoms with van der Waals surface area (Å²) >= 11 is 5.81. The average Bonchev–Trinajstić information content (AvgIpc) is 2.90. The lowest BCUT2D eigenvalue weighted by molar-refractivity contribution is 0.0709. The summed E-state index contributed by atoms with van der Waals surface area (Å²) in [7, 11) is 0. The van der Waals surface area contributed by atoms with Gasteiger partial charge in [0, 0.05) is 16.6 Å². The molecular formula is C14H15ClN2O. The van der Waals surface area contributed by atoms with Crippen molar-refractivity contribution in [3.63, 3.8) is 0 Å². The third kappa shape index (κ3) is 2.83. The van der Waals surface area contributed by atoms with Gasteiger partial charge in [-0.25, -0.2) is 0 Å². The molecule has 0 spiro atoms. The highest BCUT2D eigenvalue weighted by molar-refractivity contribution is 6.30. The van der Waals surface area contributed by atoms with Crippen molar-refractivity contribution in [2.24, 2.45) is 0 Å². The van der Waals surface area contributed by atoms with Gasteiger partial charge < -0.3 is 4.90 Å². The van der Waals surface area contributed by atoms with Gasteiger partial charge in [0.2, 0.25) is 0 Å². The van der Waals surface area contributed by atoms with Crippen molar-refractivity contribution in [1.29, 1.82) is 5.26 Å². The number of benzene rings is 1. The Hall–Kier alpha value is -1.53. The van der Waals surface area contributed by atoms with E-state index in [1.807, 2.05) is 0 Å². The topological polar surface area (TPSA) is 44.1 Å². The number of rotatable bonds is 3. The molecule has 1 fully saturated rings. The van der Waals surface area contributed by atoms with E-state index < -0.39 is 0 Å². The third-order valence-electron chi connectivity index (χ3n) is 3.36. The zero-order valence-corrected chi connectivity index (χ0v) is 10.9. The van der Waals surface area contributed by atoms with Gasteiger partial charge in [0.05, 0.1) is 6.07 Å². The largest absolute Gasteiger partial charge is 0.322 e. The molecule has 1 saturated carbocycles. The van der Waals surface area contributed by atoms with Gasteiger partial charge in [-0.1, -0.05) is 24.4 Å². The van der Waals surface area contributed by atoms with Crippen LogP contribution in [-0.2, 0) is 0 Å². The molecule has 0 heterocycles. The number of halogens is 1. The Balaban J connectivity index is 2.17. The van der Waals surface area contributed by atoms with Gasteiger partial charge in [0.15, 0.2) is 0 Å². The molecular weight excluding hydrogens is 248 g/mol. The minimum atomic E-state index is -0.0693. The first kappa shape index (κ1) is 12.9. The van der Waals surface area contributed by atoms with Gasteiger partial charge in [0.1, 0.15) is 6.54 Å². The van der Waals surface area contributed by atoms with E-state index in [1.165, 1.54) is 0 Å². The van der Waals surface area contributed by atoms with Crippen molar-refractivity contribution in [1.82, 2.24) is 4.90 Å². The van der Waals surface area contributed by atoms with Crippen molar-refractivity contribution in [2.75, 3.05) is 6.54 Å². The minimum Gasteiger partial charge on any atom is -0.322 e. The molecule has 4 heteroatoms. The van der Waals surface area contributed by atoms with Crippen LogP contribution < -0.4 is 0 Å². The highest BCUT2D eigenvalue weighted by Gasteiger charge is 2.27. The van der Waals surface area contributed by atoms with E-state index in [9.17, 15) is 4.79 Å². The Bertz CT molecular complexity index is 458. The fourth-order valence-electron chi connectivity index (χ4n) is 2.42. The average molecular weight is 263 g/mol. The van der Waals surface area contributed by atoms with Crippen LogP contribution >= 0.6 is 11.6 Å². The Labute approximate surface area is 112 Å². The predicted octanol–water partition coefficient (Wildman–Crippen LogP) is 3.25. The molecule has 94 valence electrons. The maximum absolute atomic E-state index is 12.4. The van der Waals surface area contributed by atoms with Crippen LogP contribution in [0.2, 0.25) is 5.02 Å².